The second-order valence-electron chi connectivity index (χ2n) is 4.78. The molecule has 18 heavy (non-hydrogen) atoms. The molecule has 1 saturated heterocycles. The fraction of sp³-hybridized carbons (Fsp3) is 0.500. The second-order valence-corrected chi connectivity index (χ2v) is 4.78. The standard InChI is InChI=1S/C14H16O4/c1-16-10-5-3-9(4-6-10)14(13(15)17-2)11-7-8-18-12(11)14/h3-6,11-12H,7-8H2,1-2H3/t11-,12+,14+/m1/s1. The van der Waals surface area contributed by atoms with Crippen LogP contribution in [0.25, 0.3) is 0 Å². The molecule has 4 nitrogen and oxygen atoms in total. The molecule has 2 aliphatic rings. The highest BCUT2D eigenvalue weighted by molar-refractivity contribution is 5.89. The summed E-state index contributed by atoms with van der Waals surface area (Å²) in [5, 5.41) is 0. The SMILES string of the molecule is COC(=O)[C@@]1(c2ccc(OC)cc2)[C@@H]2CCO[C@@H]21. The van der Waals surface area contributed by atoms with Crippen LogP contribution in [0.3, 0.4) is 0 Å². The van der Waals surface area contributed by atoms with E-state index in [1.54, 1.807) is 7.11 Å². The monoisotopic (exact) mass is 248 g/mol. The first kappa shape index (κ1) is 11.5. The van der Waals surface area contributed by atoms with Gasteiger partial charge in [-0.2, -0.15) is 0 Å². The minimum atomic E-state index is -0.584. The van der Waals surface area contributed by atoms with E-state index in [9.17, 15) is 4.79 Å². The van der Waals surface area contributed by atoms with Crippen molar-refractivity contribution in [2.75, 3.05) is 20.8 Å². The minimum Gasteiger partial charge on any atom is -0.497 e. The Hall–Kier alpha value is -1.55. The van der Waals surface area contributed by atoms with E-state index in [2.05, 4.69) is 0 Å². The summed E-state index contributed by atoms with van der Waals surface area (Å²) in [7, 11) is 3.06. The molecule has 0 spiro atoms. The molecule has 1 heterocycles. The van der Waals surface area contributed by atoms with Gasteiger partial charge in [0, 0.05) is 12.5 Å². The number of hydrogen-bond donors (Lipinski definition) is 0. The van der Waals surface area contributed by atoms with Gasteiger partial charge in [0.2, 0.25) is 0 Å². The van der Waals surface area contributed by atoms with Crippen molar-refractivity contribution in [3.63, 3.8) is 0 Å². The summed E-state index contributed by atoms with van der Waals surface area (Å²) in [5.74, 6) is 0.853. The van der Waals surface area contributed by atoms with Crippen molar-refractivity contribution in [3.05, 3.63) is 29.8 Å². The lowest BCUT2D eigenvalue weighted by atomic mass is 9.91. The highest BCUT2D eigenvalue weighted by Crippen LogP contribution is 2.61. The molecular weight excluding hydrogens is 232 g/mol. The maximum absolute atomic E-state index is 12.1. The summed E-state index contributed by atoms with van der Waals surface area (Å²) < 4.78 is 15.8. The summed E-state index contributed by atoms with van der Waals surface area (Å²) in [5.41, 5.74) is 0.379. The quantitative estimate of drug-likeness (QED) is 0.761. The third-order valence-corrected chi connectivity index (χ3v) is 4.11. The number of methoxy groups -OCH3 is 2. The van der Waals surface area contributed by atoms with Crippen molar-refractivity contribution >= 4 is 5.97 Å². The van der Waals surface area contributed by atoms with E-state index in [0.717, 1.165) is 24.3 Å². The zero-order valence-electron chi connectivity index (χ0n) is 10.5. The van der Waals surface area contributed by atoms with Crippen LogP contribution < -0.4 is 4.74 Å². The average Bonchev–Trinajstić information content (AvgIpc) is 2.81. The third kappa shape index (κ3) is 1.32. The number of ether oxygens (including phenoxy) is 3. The molecule has 0 aromatic heterocycles. The Kier molecular flexibility index (Phi) is 2.55. The fourth-order valence-electron chi connectivity index (χ4n) is 3.17. The molecule has 0 amide bonds. The summed E-state index contributed by atoms with van der Waals surface area (Å²) in [6, 6.07) is 7.59. The molecule has 96 valence electrons. The Morgan fingerprint density at radius 2 is 2.06 bits per heavy atom. The van der Waals surface area contributed by atoms with Crippen LogP contribution >= 0.6 is 0 Å². The van der Waals surface area contributed by atoms with E-state index in [4.69, 9.17) is 14.2 Å². The van der Waals surface area contributed by atoms with Crippen LogP contribution in [0.15, 0.2) is 24.3 Å². The van der Waals surface area contributed by atoms with Gasteiger partial charge >= 0.3 is 5.97 Å². The van der Waals surface area contributed by atoms with Crippen LogP contribution in [0.4, 0.5) is 0 Å². The smallest absolute Gasteiger partial charge is 0.319 e. The molecule has 1 aromatic carbocycles. The number of benzene rings is 1. The van der Waals surface area contributed by atoms with Crippen LogP contribution in [0.5, 0.6) is 5.75 Å². The van der Waals surface area contributed by atoms with Crippen LogP contribution in [0, 0.1) is 5.92 Å². The topological polar surface area (TPSA) is 44.8 Å². The van der Waals surface area contributed by atoms with Crippen molar-refractivity contribution in [3.8, 4) is 5.75 Å². The number of esters is 1. The first-order valence-corrected chi connectivity index (χ1v) is 6.09. The van der Waals surface area contributed by atoms with Gasteiger partial charge in [0.15, 0.2) is 0 Å². The maximum atomic E-state index is 12.1. The van der Waals surface area contributed by atoms with Gasteiger partial charge in [0.1, 0.15) is 11.2 Å². The second kappa shape index (κ2) is 3.99. The van der Waals surface area contributed by atoms with Crippen molar-refractivity contribution in [2.45, 2.75) is 17.9 Å². The van der Waals surface area contributed by atoms with E-state index in [0.29, 0.717) is 0 Å². The van der Waals surface area contributed by atoms with Gasteiger partial charge in [0.25, 0.3) is 0 Å². The molecule has 1 aliphatic heterocycles. The Balaban J connectivity index is 1.97. The lowest BCUT2D eigenvalue weighted by Gasteiger charge is -2.18. The van der Waals surface area contributed by atoms with E-state index in [-0.39, 0.29) is 18.0 Å². The first-order valence-electron chi connectivity index (χ1n) is 6.09. The predicted molar refractivity (Wildman–Crippen MR) is 64.5 cm³/mol. The number of hydrogen-bond acceptors (Lipinski definition) is 4. The molecule has 1 aliphatic carbocycles. The zero-order valence-corrected chi connectivity index (χ0v) is 10.5. The van der Waals surface area contributed by atoms with E-state index >= 15 is 0 Å². The molecule has 0 unspecified atom stereocenters. The van der Waals surface area contributed by atoms with Crippen LogP contribution in [-0.4, -0.2) is 32.9 Å². The lowest BCUT2D eigenvalue weighted by molar-refractivity contribution is -0.146. The first-order chi connectivity index (χ1) is 8.75. The Labute approximate surface area is 106 Å². The third-order valence-electron chi connectivity index (χ3n) is 4.11. The van der Waals surface area contributed by atoms with Crippen molar-refractivity contribution in [2.24, 2.45) is 5.92 Å². The molecule has 0 bridgehead atoms. The molecule has 3 rings (SSSR count). The van der Waals surface area contributed by atoms with Gasteiger partial charge < -0.3 is 14.2 Å². The summed E-state index contributed by atoms with van der Waals surface area (Å²) >= 11 is 0. The lowest BCUT2D eigenvalue weighted by Crippen LogP contribution is -2.30. The van der Waals surface area contributed by atoms with Gasteiger partial charge in [-0.25, -0.2) is 0 Å². The maximum Gasteiger partial charge on any atom is 0.319 e. The van der Waals surface area contributed by atoms with Gasteiger partial charge in [-0.1, -0.05) is 12.1 Å². The summed E-state index contributed by atoms with van der Waals surface area (Å²) in [6.45, 7) is 0.740. The molecule has 0 N–H and O–H groups in total. The van der Waals surface area contributed by atoms with E-state index in [1.165, 1.54) is 7.11 Å². The van der Waals surface area contributed by atoms with E-state index < -0.39 is 5.41 Å². The van der Waals surface area contributed by atoms with Crippen molar-refractivity contribution in [1.29, 1.82) is 0 Å². The Morgan fingerprint density at radius 3 is 2.56 bits per heavy atom. The number of rotatable bonds is 3. The van der Waals surface area contributed by atoms with Gasteiger partial charge in [-0.15, -0.1) is 0 Å². The normalized spacial score (nSPS) is 32.8. The summed E-state index contributed by atoms with van der Waals surface area (Å²) in [4.78, 5) is 12.1. The van der Waals surface area contributed by atoms with Crippen LogP contribution in [0.1, 0.15) is 12.0 Å². The molecule has 2 fully saturated rings. The fourth-order valence-corrected chi connectivity index (χ4v) is 3.17. The van der Waals surface area contributed by atoms with Crippen molar-refractivity contribution < 1.29 is 19.0 Å². The molecule has 4 heteroatoms. The van der Waals surface area contributed by atoms with Crippen LogP contribution in [0.2, 0.25) is 0 Å². The van der Waals surface area contributed by atoms with Crippen LogP contribution in [-0.2, 0) is 19.7 Å². The molecule has 1 saturated carbocycles. The van der Waals surface area contributed by atoms with Crippen molar-refractivity contribution in [1.82, 2.24) is 0 Å². The van der Waals surface area contributed by atoms with E-state index in [1.807, 2.05) is 24.3 Å². The zero-order chi connectivity index (χ0) is 12.8. The average molecular weight is 248 g/mol. The van der Waals surface area contributed by atoms with Gasteiger partial charge in [0.05, 0.1) is 20.3 Å². The molecule has 1 aromatic rings. The Bertz CT molecular complexity index is 455. The minimum absolute atomic E-state index is 0.0154. The largest absolute Gasteiger partial charge is 0.497 e. The highest BCUT2D eigenvalue weighted by Gasteiger charge is 2.74. The molecule has 3 atom stereocenters. The molecular formula is C14H16O4. The summed E-state index contributed by atoms with van der Waals surface area (Å²) in [6.07, 6.45) is 0.907. The highest BCUT2D eigenvalue weighted by atomic mass is 16.5. The van der Waals surface area contributed by atoms with Gasteiger partial charge in [-0.05, 0) is 24.1 Å². The molecule has 0 radical (unpaired) electrons. The predicted octanol–water partition coefficient (Wildman–Crippen LogP) is 1.52. The van der Waals surface area contributed by atoms with Gasteiger partial charge in [-0.3, -0.25) is 4.79 Å². The number of fused-ring (bicyclic) bond motifs is 1. The number of carbonyl (C=O) groups excluding carboxylic acids is 1. The Morgan fingerprint density at radius 1 is 1.33 bits per heavy atom. The number of carbonyl (C=O) groups is 1.